The molecule has 3 nitrogen and oxygen atoms in total. The number of halogens is 2. The maximum Gasteiger partial charge on any atom is 0.290 e. The lowest BCUT2D eigenvalue weighted by atomic mass is 10.2. The Morgan fingerprint density at radius 2 is 2.00 bits per heavy atom. The highest BCUT2D eigenvalue weighted by Crippen LogP contribution is 2.26. The molecule has 0 spiro atoms. The van der Waals surface area contributed by atoms with Gasteiger partial charge in [0.05, 0.1) is 4.91 Å². The smallest absolute Gasteiger partial charge is 0.282 e. The normalized spacial score (nSPS) is 18.0. The summed E-state index contributed by atoms with van der Waals surface area (Å²) in [5.74, 6) is -2.04. The first-order valence-corrected chi connectivity index (χ1v) is 5.08. The van der Waals surface area contributed by atoms with Gasteiger partial charge >= 0.3 is 0 Å². The van der Waals surface area contributed by atoms with E-state index in [4.69, 9.17) is 0 Å². The minimum absolute atomic E-state index is 0.0637. The molecule has 2 rings (SSSR count). The monoisotopic (exact) mass is 241 g/mol. The summed E-state index contributed by atoms with van der Waals surface area (Å²) >= 11 is 0.683. The van der Waals surface area contributed by atoms with Crippen molar-refractivity contribution in [2.24, 2.45) is 0 Å². The molecule has 82 valence electrons. The molecule has 0 aromatic heterocycles. The van der Waals surface area contributed by atoms with Crippen molar-refractivity contribution < 1.29 is 18.4 Å². The second-order valence-corrected chi connectivity index (χ2v) is 4.03. The number of amides is 2. The number of rotatable bonds is 1. The summed E-state index contributed by atoms with van der Waals surface area (Å²) in [7, 11) is 0. The van der Waals surface area contributed by atoms with E-state index < -0.39 is 22.8 Å². The molecule has 1 fully saturated rings. The van der Waals surface area contributed by atoms with E-state index in [-0.39, 0.29) is 10.5 Å². The molecule has 1 N–H and O–H groups in total. The molecule has 0 bridgehead atoms. The van der Waals surface area contributed by atoms with E-state index in [1.807, 2.05) is 5.32 Å². The van der Waals surface area contributed by atoms with Crippen molar-refractivity contribution >= 4 is 29.0 Å². The van der Waals surface area contributed by atoms with Gasteiger partial charge in [0.1, 0.15) is 11.6 Å². The van der Waals surface area contributed by atoms with E-state index >= 15 is 0 Å². The fraction of sp³-hybridized carbons (Fsp3) is 0. The van der Waals surface area contributed by atoms with E-state index in [9.17, 15) is 18.4 Å². The highest BCUT2D eigenvalue weighted by atomic mass is 32.2. The molecule has 0 atom stereocenters. The Morgan fingerprint density at radius 1 is 1.25 bits per heavy atom. The van der Waals surface area contributed by atoms with Crippen molar-refractivity contribution in [3.8, 4) is 0 Å². The fourth-order valence-corrected chi connectivity index (χ4v) is 1.85. The van der Waals surface area contributed by atoms with Crippen molar-refractivity contribution in [3.63, 3.8) is 0 Å². The summed E-state index contributed by atoms with van der Waals surface area (Å²) < 4.78 is 25.8. The molecule has 16 heavy (non-hydrogen) atoms. The molecular weight excluding hydrogens is 236 g/mol. The highest BCUT2D eigenvalue weighted by molar-refractivity contribution is 8.18. The van der Waals surface area contributed by atoms with Crippen LogP contribution in [0.5, 0.6) is 0 Å². The third kappa shape index (κ3) is 2.11. The number of nitrogens with one attached hydrogen (secondary N) is 1. The van der Waals surface area contributed by atoms with E-state index in [0.717, 1.165) is 6.07 Å². The zero-order chi connectivity index (χ0) is 11.7. The Kier molecular flexibility index (Phi) is 2.74. The van der Waals surface area contributed by atoms with Crippen molar-refractivity contribution in [2.75, 3.05) is 0 Å². The van der Waals surface area contributed by atoms with Crippen LogP contribution >= 0.6 is 11.8 Å². The van der Waals surface area contributed by atoms with Gasteiger partial charge in [-0.2, -0.15) is 0 Å². The van der Waals surface area contributed by atoms with Crippen LogP contribution in [0.3, 0.4) is 0 Å². The summed E-state index contributed by atoms with van der Waals surface area (Å²) in [4.78, 5) is 22.1. The Morgan fingerprint density at radius 3 is 2.56 bits per heavy atom. The molecule has 1 aromatic rings. The predicted octanol–water partition coefficient (Wildman–Crippen LogP) is 2.29. The maximum atomic E-state index is 13.2. The molecule has 2 amide bonds. The molecule has 1 saturated heterocycles. The van der Waals surface area contributed by atoms with Crippen LogP contribution in [0.25, 0.3) is 6.08 Å². The van der Waals surface area contributed by atoms with Crippen LogP contribution < -0.4 is 5.32 Å². The highest BCUT2D eigenvalue weighted by Gasteiger charge is 2.25. The van der Waals surface area contributed by atoms with E-state index in [1.54, 1.807) is 0 Å². The van der Waals surface area contributed by atoms with Gasteiger partial charge in [-0.15, -0.1) is 0 Å². The Bertz CT molecular complexity index is 514. The van der Waals surface area contributed by atoms with Crippen molar-refractivity contribution in [3.05, 3.63) is 40.3 Å². The number of hydrogen-bond acceptors (Lipinski definition) is 3. The van der Waals surface area contributed by atoms with Crippen LogP contribution in [0, 0.1) is 11.6 Å². The van der Waals surface area contributed by atoms with Gasteiger partial charge in [0.25, 0.3) is 11.1 Å². The number of thioether (sulfide) groups is 1. The minimum atomic E-state index is -0.778. The van der Waals surface area contributed by atoms with E-state index in [2.05, 4.69) is 0 Å². The Labute approximate surface area is 93.5 Å². The maximum absolute atomic E-state index is 13.2. The minimum Gasteiger partial charge on any atom is -0.282 e. The lowest BCUT2D eigenvalue weighted by Gasteiger charge is -1.97. The average molecular weight is 241 g/mol. The van der Waals surface area contributed by atoms with Gasteiger partial charge in [-0.1, -0.05) is 0 Å². The molecule has 0 unspecified atom stereocenters. The molecule has 0 saturated carbocycles. The first kappa shape index (κ1) is 10.8. The summed E-state index contributed by atoms with van der Waals surface area (Å²) in [5, 5.41) is 1.54. The summed E-state index contributed by atoms with van der Waals surface area (Å²) in [6.07, 6.45) is 1.21. The van der Waals surface area contributed by atoms with Crippen LogP contribution in [-0.2, 0) is 4.79 Å². The molecule has 0 radical (unpaired) electrons. The second kappa shape index (κ2) is 4.05. The fourth-order valence-electron chi connectivity index (χ4n) is 1.18. The first-order chi connectivity index (χ1) is 7.56. The molecular formula is C10H5F2NO2S. The SMILES string of the molecule is O=C1NC(=O)/C(=C\c2ccc(F)cc2F)S1. The number of carbonyl (C=O) groups excluding carboxylic acids is 2. The quantitative estimate of drug-likeness (QED) is 0.767. The Hall–Kier alpha value is -1.69. The van der Waals surface area contributed by atoms with E-state index in [0.29, 0.717) is 17.8 Å². The Balaban J connectivity index is 2.36. The van der Waals surface area contributed by atoms with Crippen molar-refractivity contribution in [2.45, 2.75) is 0 Å². The largest absolute Gasteiger partial charge is 0.290 e. The van der Waals surface area contributed by atoms with Crippen molar-refractivity contribution in [1.82, 2.24) is 5.32 Å². The number of carbonyl (C=O) groups is 2. The first-order valence-electron chi connectivity index (χ1n) is 4.26. The van der Waals surface area contributed by atoms with Crippen molar-refractivity contribution in [1.29, 1.82) is 0 Å². The van der Waals surface area contributed by atoms with Gasteiger partial charge in [-0.25, -0.2) is 8.78 Å². The van der Waals surface area contributed by atoms with Crippen LogP contribution in [0.1, 0.15) is 5.56 Å². The molecule has 1 aliphatic rings. The van der Waals surface area contributed by atoms with Crippen LogP contribution in [-0.4, -0.2) is 11.1 Å². The molecule has 1 heterocycles. The predicted molar refractivity (Wildman–Crippen MR) is 55.5 cm³/mol. The van der Waals surface area contributed by atoms with Gasteiger partial charge in [0.15, 0.2) is 0 Å². The van der Waals surface area contributed by atoms with Crippen LogP contribution in [0.2, 0.25) is 0 Å². The average Bonchev–Trinajstić information content (AvgIpc) is 2.50. The second-order valence-electron chi connectivity index (χ2n) is 3.02. The lowest BCUT2D eigenvalue weighted by molar-refractivity contribution is -0.115. The van der Waals surface area contributed by atoms with E-state index in [1.165, 1.54) is 12.1 Å². The summed E-state index contributed by atoms with van der Waals surface area (Å²) in [5.41, 5.74) is 0.0637. The van der Waals surface area contributed by atoms with Gasteiger partial charge in [-0.05, 0) is 30.0 Å². The van der Waals surface area contributed by atoms with Gasteiger partial charge in [0.2, 0.25) is 0 Å². The lowest BCUT2D eigenvalue weighted by Crippen LogP contribution is -2.17. The number of benzene rings is 1. The van der Waals surface area contributed by atoms with Crippen LogP contribution in [0.15, 0.2) is 23.1 Å². The molecule has 1 aliphatic heterocycles. The molecule has 6 heteroatoms. The zero-order valence-electron chi connectivity index (χ0n) is 7.79. The third-order valence-electron chi connectivity index (χ3n) is 1.89. The van der Waals surface area contributed by atoms with Gasteiger partial charge in [0, 0.05) is 11.6 Å². The van der Waals surface area contributed by atoms with Gasteiger partial charge < -0.3 is 0 Å². The van der Waals surface area contributed by atoms with Gasteiger partial charge in [-0.3, -0.25) is 14.9 Å². The summed E-state index contributed by atoms with van der Waals surface area (Å²) in [6.45, 7) is 0. The summed E-state index contributed by atoms with van der Waals surface area (Å²) in [6, 6.07) is 2.99. The third-order valence-corrected chi connectivity index (χ3v) is 2.70. The zero-order valence-corrected chi connectivity index (χ0v) is 8.61. The molecule has 0 aliphatic carbocycles. The topological polar surface area (TPSA) is 46.2 Å². The number of hydrogen-bond donors (Lipinski definition) is 1. The van der Waals surface area contributed by atoms with Crippen LogP contribution in [0.4, 0.5) is 13.6 Å². The molecule has 1 aromatic carbocycles. The number of imide groups is 1. The standard InChI is InChI=1S/C10H5F2NO2S/c11-6-2-1-5(7(12)4-6)3-8-9(14)13-10(15)16-8/h1-4H,(H,13,14,15)/b8-3+.